The van der Waals surface area contributed by atoms with Crippen molar-refractivity contribution in [3.63, 3.8) is 0 Å². The molecule has 0 amide bonds. The van der Waals surface area contributed by atoms with Crippen molar-refractivity contribution < 1.29 is 4.42 Å². The second-order valence-electron chi connectivity index (χ2n) is 5.64. The topological polar surface area (TPSA) is 80.0 Å². The molecular weight excluding hydrogens is 336 g/mol. The number of nitrogens with two attached hydrogens (primary N) is 1. The van der Waals surface area contributed by atoms with Crippen LogP contribution in [0, 0.1) is 11.3 Å². The maximum Gasteiger partial charge on any atom is 0.346 e. The molecule has 4 aromatic rings. The Morgan fingerprint density at radius 1 is 1.04 bits per heavy atom. The molecule has 0 aliphatic heterocycles. The second kappa shape index (κ2) is 5.66. The third-order valence-corrected chi connectivity index (χ3v) is 4.47. The van der Waals surface area contributed by atoms with Crippen molar-refractivity contribution in [3.8, 4) is 17.2 Å². The van der Waals surface area contributed by atoms with Crippen molar-refractivity contribution in [3.05, 3.63) is 75.6 Å². The number of nitriles is 1. The zero-order chi connectivity index (χ0) is 17.6. The average molecular weight is 347 g/mol. The number of benzene rings is 3. The van der Waals surface area contributed by atoms with E-state index in [0.29, 0.717) is 21.6 Å². The fourth-order valence-electron chi connectivity index (χ4n) is 3.04. The van der Waals surface area contributed by atoms with Crippen LogP contribution >= 0.6 is 11.6 Å². The molecule has 0 aliphatic carbocycles. The molecule has 0 atom stereocenters. The number of halogens is 1. The van der Waals surface area contributed by atoms with Crippen molar-refractivity contribution in [1.29, 1.82) is 5.26 Å². The van der Waals surface area contributed by atoms with E-state index in [1.807, 2.05) is 30.3 Å². The van der Waals surface area contributed by atoms with Crippen LogP contribution in [0.1, 0.15) is 5.56 Å². The van der Waals surface area contributed by atoms with E-state index < -0.39 is 5.63 Å². The van der Waals surface area contributed by atoms with Crippen LogP contribution < -0.4 is 11.4 Å². The van der Waals surface area contributed by atoms with E-state index in [9.17, 15) is 10.1 Å². The van der Waals surface area contributed by atoms with Crippen molar-refractivity contribution >= 4 is 39.0 Å². The quantitative estimate of drug-likeness (QED) is 0.307. The van der Waals surface area contributed by atoms with Crippen LogP contribution in [0.4, 0.5) is 5.69 Å². The van der Waals surface area contributed by atoms with Crippen LogP contribution in [0.5, 0.6) is 0 Å². The maximum absolute atomic E-state index is 12.4. The molecule has 120 valence electrons. The van der Waals surface area contributed by atoms with Gasteiger partial charge in [0.1, 0.15) is 11.7 Å². The molecule has 25 heavy (non-hydrogen) atoms. The Hall–Kier alpha value is -3.29. The van der Waals surface area contributed by atoms with E-state index in [2.05, 4.69) is 6.07 Å². The highest BCUT2D eigenvalue weighted by Gasteiger charge is 2.18. The average Bonchev–Trinajstić information content (AvgIpc) is 2.62. The molecule has 4 nitrogen and oxygen atoms in total. The van der Waals surface area contributed by atoms with Crippen LogP contribution in [-0.2, 0) is 0 Å². The van der Waals surface area contributed by atoms with Crippen molar-refractivity contribution in [2.75, 3.05) is 5.73 Å². The second-order valence-corrected chi connectivity index (χ2v) is 6.08. The van der Waals surface area contributed by atoms with Crippen LogP contribution in [0.25, 0.3) is 32.9 Å². The monoisotopic (exact) mass is 346 g/mol. The van der Waals surface area contributed by atoms with Gasteiger partial charge in [-0.2, -0.15) is 5.26 Å². The maximum atomic E-state index is 12.4. The van der Waals surface area contributed by atoms with Crippen molar-refractivity contribution in [2.24, 2.45) is 0 Å². The molecule has 0 saturated heterocycles. The minimum Gasteiger partial charge on any atom is -0.422 e. The molecule has 3 aromatic carbocycles. The summed E-state index contributed by atoms with van der Waals surface area (Å²) in [6, 6.07) is 18.3. The summed E-state index contributed by atoms with van der Waals surface area (Å²) in [5, 5.41) is 11.8. The van der Waals surface area contributed by atoms with E-state index in [-0.39, 0.29) is 16.6 Å². The van der Waals surface area contributed by atoms with Gasteiger partial charge in [0.2, 0.25) is 0 Å². The Labute approximate surface area is 147 Å². The van der Waals surface area contributed by atoms with Crippen LogP contribution in [0.3, 0.4) is 0 Å². The lowest BCUT2D eigenvalue weighted by atomic mass is 9.93. The van der Waals surface area contributed by atoms with Gasteiger partial charge in [-0.05, 0) is 29.8 Å². The van der Waals surface area contributed by atoms with Gasteiger partial charge in [0, 0.05) is 21.4 Å². The van der Waals surface area contributed by atoms with Gasteiger partial charge in [-0.3, -0.25) is 0 Å². The fourth-order valence-corrected chi connectivity index (χ4v) is 3.17. The van der Waals surface area contributed by atoms with Crippen LogP contribution in [0.15, 0.2) is 63.8 Å². The van der Waals surface area contributed by atoms with Gasteiger partial charge in [0.15, 0.2) is 0 Å². The Morgan fingerprint density at radius 2 is 1.76 bits per heavy atom. The number of fused-ring (bicyclic) bond motifs is 3. The number of nitrogen functional groups attached to an aromatic ring is 1. The Balaban J connectivity index is 2.21. The van der Waals surface area contributed by atoms with E-state index in [4.69, 9.17) is 21.8 Å². The summed E-state index contributed by atoms with van der Waals surface area (Å²) in [5.74, 6) is 0. The number of para-hydroxylation sites is 1. The van der Waals surface area contributed by atoms with Gasteiger partial charge in [-0.25, -0.2) is 4.79 Å². The highest BCUT2D eigenvalue weighted by molar-refractivity contribution is 6.30. The summed E-state index contributed by atoms with van der Waals surface area (Å²) in [4.78, 5) is 12.4. The molecule has 1 aromatic heterocycles. The first-order chi connectivity index (χ1) is 12.1. The normalized spacial score (nSPS) is 10.9. The molecule has 4 rings (SSSR count). The third kappa shape index (κ3) is 2.34. The minimum absolute atomic E-state index is 0.129. The van der Waals surface area contributed by atoms with E-state index in [0.717, 1.165) is 10.9 Å². The number of anilines is 1. The minimum atomic E-state index is -0.551. The van der Waals surface area contributed by atoms with Gasteiger partial charge in [-0.1, -0.05) is 41.9 Å². The number of hydrogen-bond donors (Lipinski definition) is 1. The Bertz CT molecular complexity index is 1240. The SMILES string of the molecule is N#Cc1c(-c2ccc(Cl)cc2)cc2c(c1N)c(=O)oc1ccccc12. The molecule has 0 saturated carbocycles. The molecule has 0 aliphatic rings. The summed E-state index contributed by atoms with van der Waals surface area (Å²) in [7, 11) is 0. The molecule has 2 N–H and O–H groups in total. The molecule has 1 heterocycles. The van der Waals surface area contributed by atoms with Gasteiger partial charge in [0.05, 0.1) is 16.6 Å². The summed E-state index contributed by atoms with van der Waals surface area (Å²) >= 11 is 5.95. The third-order valence-electron chi connectivity index (χ3n) is 4.22. The predicted octanol–water partition coefficient (Wildman–Crippen LogP) is 4.72. The van der Waals surface area contributed by atoms with E-state index in [1.165, 1.54) is 0 Å². The van der Waals surface area contributed by atoms with Crippen LogP contribution in [0.2, 0.25) is 5.02 Å². The zero-order valence-corrected chi connectivity index (χ0v) is 13.7. The Morgan fingerprint density at radius 3 is 2.48 bits per heavy atom. The molecular formula is C20H11ClN2O2. The zero-order valence-electron chi connectivity index (χ0n) is 12.9. The first-order valence-corrected chi connectivity index (χ1v) is 7.92. The molecule has 0 bridgehead atoms. The van der Waals surface area contributed by atoms with Gasteiger partial charge < -0.3 is 10.2 Å². The molecule has 5 heteroatoms. The Kier molecular flexibility index (Phi) is 3.45. The standard InChI is InChI=1S/C20H11ClN2O2/c21-12-7-5-11(6-8-12)14-9-15-13-3-1-2-4-17(13)25-20(24)18(15)19(23)16(14)10-22/h1-9H,23H2. The highest BCUT2D eigenvalue weighted by atomic mass is 35.5. The molecule has 0 fully saturated rings. The van der Waals surface area contributed by atoms with Gasteiger partial charge >= 0.3 is 5.63 Å². The summed E-state index contributed by atoms with van der Waals surface area (Å²) in [6.07, 6.45) is 0. The highest BCUT2D eigenvalue weighted by Crippen LogP contribution is 2.36. The number of nitrogens with zero attached hydrogens (tertiary/aromatic N) is 1. The lowest BCUT2D eigenvalue weighted by Gasteiger charge is -2.12. The largest absolute Gasteiger partial charge is 0.422 e. The number of rotatable bonds is 1. The lowest BCUT2D eigenvalue weighted by molar-refractivity contribution is 0.570. The van der Waals surface area contributed by atoms with Gasteiger partial charge in [0.25, 0.3) is 0 Å². The first kappa shape index (κ1) is 15.3. The van der Waals surface area contributed by atoms with Gasteiger partial charge in [-0.15, -0.1) is 0 Å². The van der Waals surface area contributed by atoms with E-state index >= 15 is 0 Å². The fraction of sp³-hybridized carbons (Fsp3) is 0. The van der Waals surface area contributed by atoms with Crippen molar-refractivity contribution in [1.82, 2.24) is 0 Å². The van der Waals surface area contributed by atoms with Crippen molar-refractivity contribution in [2.45, 2.75) is 0 Å². The summed E-state index contributed by atoms with van der Waals surface area (Å²) < 4.78 is 5.35. The first-order valence-electron chi connectivity index (χ1n) is 7.54. The lowest BCUT2D eigenvalue weighted by Crippen LogP contribution is -2.06. The summed E-state index contributed by atoms with van der Waals surface area (Å²) in [6.45, 7) is 0. The molecule has 0 radical (unpaired) electrons. The smallest absolute Gasteiger partial charge is 0.346 e. The van der Waals surface area contributed by atoms with Crippen LogP contribution in [-0.4, -0.2) is 0 Å². The van der Waals surface area contributed by atoms with E-state index in [1.54, 1.807) is 24.3 Å². The summed E-state index contributed by atoms with van der Waals surface area (Å²) in [5.41, 5.74) is 7.94. The molecule has 0 spiro atoms. The number of hydrogen-bond acceptors (Lipinski definition) is 4. The molecule has 0 unspecified atom stereocenters. The predicted molar refractivity (Wildman–Crippen MR) is 99.6 cm³/mol.